The summed E-state index contributed by atoms with van der Waals surface area (Å²) in [6.45, 7) is 0. The van der Waals surface area contributed by atoms with Gasteiger partial charge in [0.25, 0.3) is 0 Å². The molecule has 0 amide bonds. The molecular formula is C21H20BrNO2. The number of rotatable bonds is 2. The fourth-order valence-corrected chi connectivity index (χ4v) is 6.07. The molecule has 5 atom stereocenters. The van der Waals surface area contributed by atoms with Crippen molar-refractivity contribution in [3.63, 3.8) is 0 Å². The van der Waals surface area contributed by atoms with Crippen molar-refractivity contribution in [3.05, 3.63) is 63.6 Å². The third-order valence-electron chi connectivity index (χ3n) is 6.54. The number of carboxylic acids is 1. The minimum atomic E-state index is -0.836. The maximum atomic E-state index is 11.4. The molecule has 2 aromatic carbocycles. The Hall–Kier alpha value is -1.81. The number of aromatic carboxylic acids is 1. The number of benzene rings is 2. The molecule has 0 spiro atoms. The lowest BCUT2D eigenvalue weighted by atomic mass is 9.68. The van der Waals surface area contributed by atoms with E-state index in [1.165, 1.54) is 30.4 Å². The zero-order chi connectivity index (χ0) is 17.1. The largest absolute Gasteiger partial charge is 0.478 e. The van der Waals surface area contributed by atoms with Crippen LogP contribution in [0, 0.1) is 17.8 Å². The summed E-state index contributed by atoms with van der Waals surface area (Å²) < 4.78 is 1.11. The van der Waals surface area contributed by atoms with Crippen LogP contribution in [0.15, 0.2) is 46.9 Å². The molecule has 2 N–H and O–H groups in total. The lowest BCUT2D eigenvalue weighted by molar-refractivity contribution is 0.0696. The van der Waals surface area contributed by atoms with E-state index in [0.717, 1.165) is 16.1 Å². The molecule has 1 aliphatic heterocycles. The predicted molar refractivity (Wildman–Crippen MR) is 101 cm³/mol. The molecule has 3 aliphatic rings. The number of carboxylic acid groups (broad SMARTS) is 1. The first-order chi connectivity index (χ1) is 12.1. The highest BCUT2D eigenvalue weighted by atomic mass is 79.9. The molecule has 5 rings (SSSR count). The molecule has 0 aromatic heterocycles. The fourth-order valence-electron chi connectivity index (χ4n) is 5.65. The lowest BCUT2D eigenvalue weighted by Gasteiger charge is -2.43. The zero-order valence-corrected chi connectivity index (χ0v) is 15.4. The zero-order valence-electron chi connectivity index (χ0n) is 13.8. The fraction of sp³-hybridized carbons (Fsp3) is 0.381. The van der Waals surface area contributed by atoms with E-state index in [2.05, 4.69) is 45.5 Å². The number of carbonyl (C=O) groups is 1. The second-order valence-corrected chi connectivity index (χ2v) is 8.64. The molecule has 2 fully saturated rings. The van der Waals surface area contributed by atoms with E-state index in [4.69, 9.17) is 0 Å². The Bertz CT molecular complexity index is 865. The summed E-state index contributed by atoms with van der Waals surface area (Å²) in [5.41, 5.74) is 4.07. The van der Waals surface area contributed by atoms with Crippen LogP contribution < -0.4 is 5.32 Å². The third kappa shape index (κ3) is 2.34. The van der Waals surface area contributed by atoms with Crippen LogP contribution in [0.4, 0.5) is 5.69 Å². The highest BCUT2D eigenvalue weighted by Crippen LogP contribution is 2.63. The second kappa shape index (κ2) is 5.60. The molecule has 2 bridgehead atoms. The van der Waals surface area contributed by atoms with Crippen LogP contribution in [0.2, 0.25) is 0 Å². The summed E-state index contributed by atoms with van der Waals surface area (Å²) in [5, 5.41) is 13.1. The van der Waals surface area contributed by atoms with Crippen LogP contribution in [0.1, 0.15) is 52.7 Å². The van der Waals surface area contributed by atoms with Crippen molar-refractivity contribution in [1.29, 1.82) is 0 Å². The Morgan fingerprint density at radius 2 is 1.96 bits per heavy atom. The number of anilines is 1. The number of hydrogen-bond donors (Lipinski definition) is 2. The van der Waals surface area contributed by atoms with Gasteiger partial charge in [-0.25, -0.2) is 4.79 Å². The average Bonchev–Trinajstić information content (AvgIpc) is 3.22. The summed E-state index contributed by atoms with van der Waals surface area (Å²) in [6, 6.07) is 14.5. The molecule has 0 unspecified atom stereocenters. The average molecular weight is 398 g/mol. The predicted octanol–water partition coefficient (Wildman–Crippen LogP) is 5.44. The van der Waals surface area contributed by atoms with E-state index in [1.807, 2.05) is 12.1 Å². The Labute approximate surface area is 155 Å². The van der Waals surface area contributed by atoms with Crippen molar-refractivity contribution < 1.29 is 9.90 Å². The van der Waals surface area contributed by atoms with Crippen molar-refractivity contribution in [2.75, 3.05) is 5.32 Å². The second-order valence-electron chi connectivity index (χ2n) is 7.72. The van der Waals surface area contributed by atoms with Gasteiger partial charge in [0.05, 0.1) is 11.6 Å². The molecule has 25 heavy (non-hydrogen) atoms. The van der Waals surface area contributed by atoms with Crippen LogP contribution in [-0.2, 0) is 0 Å². The molecule has 0 saturated heterocycles. The van der Waals surface area contributed by atoms with Crippen LogP contribution in [0.5, 0.6) is 0 Å². The Balaban J connectivity index is 1.64. The molecule has 4 heteroatoms. The lowest BCUT2D eigenvalue weighted by Crippen LogP contribution is -2.35. The molecule has 2 aromatic rings. The number of hydrogen-bond acceptors (Lipinski definition) is 2. The van der Waals surface area contributed by atoms with Gasteiger partial charge < -0.3 is 10.4 Å². The maximum absolute atomic E-state index is 11.4. The quantitative estimate of drug-likeness (QED) is 0.708. The normalized spacial score (nSPS) is 32.0. The van der Waals surface area contributed by atoms with Crippen molar-refractivity contribution >= 4 is 27.6 Å². The van der Waals surface area contributed by atoms with Crippen LogP contribution in [0.3, 0.4) is 0 Å². The highest BCUT2D eigenvalue weighted by Gasteiger charge is 2.53. The van der Waals surface area contributed by atoms with E-state index in [1.54, 1.807) is 6.07 Å². The van der Waals surface area contributed by atoms with E-state index < -0.39 is 5.97 Å². The summed E-state index contributed by atoms with van der Waals surface area (Å²) in [5.74, 6) is 1.65. The first kappa shape index (κ1) is 15.4. The Morgan fingerprint density at radius 1 is 1.12 bits per heavy atom. The first-order valence-electron chi connectivity index (χ1n) is 9.01. The van der Waals surface area contributed by atoms with Crippen molar-refractivity contribution in [2.24, 2.45) is 17.8 Å². The summed E-state index contributed by atoms with van der Waals surface area (Å²) in [4.78, 5) is 11.4. The number of fused-ring (bicyclic) bond motifs is 7. The van der Waals surface area contributed by atoms with Gasteiger partial charge in [-0.2, -0.15) is 0 Å². The van der Waals surface area contributed by atoms with Gasteiger partial charge >= 0.3 is 5.97 Å². The van der Waals surface area contributed by atoms with Crippen LogP contribution >= 0.6 is 15.9 Å². The number of halogens is 1. The van der Waals surface area contributed by atoms with Crippen LogP contribution in [-0.4, -0.2) is 11.1 Å². The van der Waals surface area contributed by atoms with Gasteiger partial charge in [0, 0.05) is 10.2 Å². The molecular weight excluding hydrogens is 378 g/mol. The van der Waals surface area contributed by atoms with E-state index >= 15 is 0 Å². The monoisotopic (exact) mass is 397 g/mol. The molecule has 0 radical (unpaired) electrons. The van der Waals surface area contributed by atoms with Crippen molar-refractivity contribution in [1.82, 2.24) is 0 Å². The van der Waals surface area contributed by atoms with Gasteiger partial charge in [-0.3, -0.25) is 0 Å². The summed E-state index contributed by atoms with van der Waals surface area (Å²) >= 11 is 3.61. The standard InChI is InChI=1S/C21H20BrNO2/c22-15-3-1-2-13(9-15)20-19-12-5-4-11(8-12)18(19)16-10-14(21(24)25)6-7-17(16)23-20/h1-3,6-7,9-12,18-20,23H,4-5,8H2,(H,24,25)/t11-,12-,18-,19+,20-/m0/s1. The Morgan fingerprint density at radius 3 is 2.76 bits per heavy atom. The molecule has 2 aliphatic carbocycles. The van der Waals surface area contributed by atoms with Crippen molar-refractivity contribution in [2.45, 2.75) is 31.2 Å². The molecule has 2 saturated carbocycles. The maximum Gasteiger partial charge on any atom is 0.335 e. The van der Waals surface area contributed by atoms with Crippen LogP contribution in [0.25, 0.3) is 0 Å². The van der Waals surface area contributed by atoms with Gasteiger partial charge in [-0.15, -0.1) is 0 Å². The molecule has 1 heterocycles. The van der Waals surface area contributed by atoms with E-state index in [-0.39, 0.29) is 0 Å². The Kier molecular flexibility index (Phi) is 3.46. The molecule has 128 valence electrons. The van der Waals surface area contributed by atoms with Gasteiger partial charge in [0.15, 0.2) is 0 Å². The SMILES string of the molecule is O=C(O)c1ccc2c(c1)[C@@H]1[C@H]3CC[C@@H](C3)[C@H]1[C@H](c1cccc(Br)c1)N2. The van der Waals surface area contributed by atoms with Gasteiger partial charge in [-0.1, -0.05) is 28.1 Å². The van der Waals surface area contributed by atoms with Crippen molar-refractivity contribution in [3.8, 4) is 0 Å². The minimum absolute atomic E-state index is 0.306. The number of nitrogens with one attached hydrogen (secondary N) is 1. The van der Waals surface area contributed by atoms with E-state index in [9.17, 15) is 9.90 Å². The minimum Gasteiger partial charge on any atom is -0.478 e. The van der Waals surface area contributed by atoms with Gasteiger partial charge in [-0.05, 0) is 84.4 Å². The van der Waals surface area contributed by atoms with E-state index in [0.29, 0.717) is 29.4 Å². The topological polar surface area (TPSA) is 49.3 Å². The first-order valence-corrected chi connectivity index (χ1v) is 9.80. The smallest absolute Gasteiger partial charge is 0.335 e. The van der Waals surface area contributed by atoms with Gasteiger partial charge in [0.2, 0.25) is 0 Å². The van der Waals surface area contributed by atoms with Gasteiger partial charge in [0.1, 0.15) is 0 Å². The summed E-state index contributed by atoms with van der Waals surface area (Å²) in [7, 11) is 0. The highest BCUT2D eigenvalue weighted by molar-refractivity contribution is 9.10. The third-order valence-corrected chi connectivity index (χ3v) is 7.04. The molecule has 3 nitrogen and oxygen atoms in total. The summed E-state index contributed by atoms with van der Waals surface area (Å²) in [6.07, 6.45) is 3.89.